The first-order valence-electron chi connectivity index (χ1n) is 9.36. The van der Waals surface area contributed by atoms with Crippen LogP contribution in [0.25, 0.3) is 0 Å². The molecule has 0 rings (SSSR count). The normalized spacial score (nSPS) is 11.0. The third kappa shape index (κ3) is 22.6. The number of allylic oxidation sites excluding steroid dienone is 2. The van der Waals surface area contributed by atoms with Gasteiger partial charge in [-0.25, -0.2) is 0 Å². The average molecular weight is 362 g/mol. The van der Waals surface area contributed by atoms with Gasteiger partial charge in [0, 0.05) is 0 Å². The van der Waals surface area contributed by atoms with Gasteiger partial charge in [-0.2, -0.15) is 0 Å². The van der Waals surface area contributed by atoms with E-state index < -0.39 is 0 Å². The first-order chi connectivity index (χ1) is 9.91. The summed E-state index contributed by atoms with van der Waals surface area (Å²) in [5, 5.41) is 0. The molecule has 0 aliphatic heterocycles. The van der Waals surface area contributed by atoms with Crippen molar-refractivity contribution in [3.63, 3.8) is 0 Å². The van der Waals surface area contributed by atoms with Gasteiger partial charge in [0.25, 0.3) is 0 Å². The predicted octanol–water partition coefficient (Wildman–Crippen LogP) is 2.66. The summed E-state index contributed by atoms with van der Waals surface area (Å²) in [7, 11) is 0. The Morgan fingerprint density at radius 3 is 1.38 bits per heavy atom. The number of quaternary nitrogens is 1. The van der Waals surface area contributed by atoms with Gasteiger partial charge in [0.1, 0.15) is 0 Å². The first-order valence-corrected chi connectivity index (χ1v) is 9.36. The van der Waals surface area contributed by atoms with Gasteiger partial charge in [0.2, 0.25) is 0 Å². The predicted molar refractivity (Wildman–Crippen MR) is 91.8 cm³/mol. The lowest BCUT2D eigenvalue weighted by Gasteiger charge is -1.99. The summed E-state index contributed by atoms with van der Waals surface area (Å²) in [5.41, 5.74) is 3.89. The zero-order chi connectivity index (χ0) is 14.7. The first kappa shape index (κ1) is 23.4. The van der Waals surface area contributed by atoms with E-state index in [1.807, 2.05) is 0 Å². The van der Waals surface area contributed by atoms with E-state index in [0.29, 0.717) is 0 Å². The summed E-state index contributed by atoms with van der Waals surface area (Å²) >= 11 is 0. The number of rotatable bonds is 16. The summed E-state index contributed by atoms with van der Waals surface area (Å²) in [6, 6.07) is 0. The van der Waals surface area contributed by atoms with E-state index in [1.54, 1.807) is 0 Å². The van der Waals surface area contributed by atoms with Crippen molar-refractivity contribution in [1.29, 1.82) is 0 Å². The lowest BCUT2D eigenvalue weighted by atomic mass is 10.1. The Kier molecular flexibility index (Phi) is 25.1. The van der Waals surface area contributed by atoms with E-state index in [0.717, 1.165) is 6.54 Å². The highest BCUT2D eigenvalue weighted by Crippen LogP contribution is 2.10. The SMILES string of the molecule is CCCCCCCC/C=C\CCCCCCCCC[NH3+].[Br-]. The van der Waals surface area contributed by atoms with Gasteiger partial charge in [-0.15, -0.1) is 0 Å². The number of halogens is 1. The fourth-order valence-electron chi connectivity index (χ4n) is 2.60. The van der Waals surface area contributed by atoms with Crippen LogP contribution in [0.1, 0.15) is 103 Å². The largest absolute Gasteiger partial charge is 1.00 e. The number of hydrogen-bond acceptors (Lipinski definition) is 0. The molecule has 0 fully saturated rings. The molecule has 0 radical (unpaired) electrons. The van der Waals surface area contributed by atoms with Crippen molar-refractivity contribution in [2.45, 2.75) is 103 Å². The molecule has 0 saturated carbocycles. The van der Waals surface area contributed by atoms with Crippen LogP contribution in [0, 0.1) is 0 Å². The van der Waals surface area contributed by atoms with Gasteiger partial charge in [0.15, 0.2) is 0 Å². The highest BCUT2D eigenvalue weighted by Gasteiger charge is 1.91. The molecule has 0 amide bonds. The molecule has 0 aromatic heterocycles. The topological polar surface area (TPSA) is 27.6 Å². The molecule has 0 bridgehead atoms. The average Bonchev–Trinajstić information content (AvgIpc) is 2.47. The van der Waals surface area contributed by atoms with Gasteiger partial charge >= 0.3 is 0 Å². The summed E-state index contributed by atoms with van der Waals surface area (Å²) in [6.07, 6.45) is 25.7. The van der Waals surface area contributed by atoms with Gasteiger partial charge < -0.3 is 22.7 Å². The standard InChI is InChI=1S/C19H39N.BrH/c1-2-3-4-5-6-7-8-9-10-11-12-13-14-15-16-17-18-19-20;/h9-10H,2-8,11-20H2,1H3;1H/b10-9-;. The number of hydrogen-bond donors (Lipinski definition) is 1. The van der Waals surface area contributed by atoms with Gasteiger partial charge in [0.05, 0.1) is 6.54 Å². The molecule has 0 atom stereocenters. The quantitative estimate of drug-likeness (QED) is 0.323. The van der Waals surface area contributed by atoms with Crippen molar-refractivity contribution in [2.24, 2.45) is 0 Å². The Balaban J connectivity index is 0. The van der Waals surface area contributed by atoms with Crippen LogP contribution < -0.4 is 22.7 Å². The van der Waals surface area contributed by atoms with Crippen molar-refractivity contribution in [1.82, 2.24) is 0 Å². The summed E-state index contributed by atoms with van der Waals surface area (Å²) in [5.74, 6) is 0. The summed E-state index contributed by atoms with van der Waals surface area (Å²) in [6.45, 7) is 3.40. The molecule has 0 unspecified atom stereocenters. The fourth-order valence-corrected chi connectivity index (χ4v) is 2.60. The van der Waals surface area contributed by atoms with Gasteiger partial charge in [-0.3, -0.25) is 0 Å². The Morgan fingerprint density at radius 2 is 0.952 bits per heavy atom. The molecule has 0 spiro atoms. The Bertz CT molecular complexity index is 192. The molecule has 0 saturated heterocycles. The molecule has 128 valence electrons. The fraction of sp³-hybridized carbons (Fsp3) is 0.895. The van der Waals surface area contributed by atoms with Crippen molar-refractivity contribution in [3.8, 4) is 0 Å². The molecule has 0 aliphatic carbocycles. The number of unbranched alkanes of at least 4 members (excludes halogenated alkanes) is 13. The molecule has 0 aromatic rings. The highest BCUT2D eigenvalue weighted by molar-refractivity contribution is 4.81. The lowest BCUT2D eigenvalue weighted by molar-refractivity contribution is -0.368. The molecular formula is C19H40BrN. The van der Waals surface area contributed by atoms with E-state index in [4.69, 9.17) is 0 Å². The molecule has 3 N–H and O–H groups in total. The summed E-state index contributed by atoms with van der Waals surface area (Å²) in [4.78, 5) is 0. The molecule has 1 nitrogen and oxygen atoms in total. The van der Waals surface area contributed by atoms with E-state index in [1.165, 1.54) is 96.3 Å². The second-order valence-electron chi connectivity index (χ2n) is 6.14. The van der Waals surface area contributed by atoms with Crippen LogP contribution in [0.2, 0.25) is 0 Å². The lowest BCUT2D eigenvalue weighted by Crippen LogP contribution is -3.00. The van der Waals surface area contributed by atoms with E-state index in [-0.39, 0.29) is 17.0 Å². The second kappa shape index (κ2) is 22.5. The Labute approximate surface area is 144 Å². The van der Waals surface area contributed by atoms with Crippen molar-refractivity contribution in [3.05, 3.63) is 12.2 Å². The Morgan fingerprint density at radius 1 is 0.571 bits per heavy atom. The van der Waals surface area contributed by atoms with E-state index in [9.17, 15) is 0 Å². The minimum absolute atomic E-state index is 0. The van der Waals surface area contributed by atoms with Crippen molar-refractivity contribution < 1.29 is 22.7 Å². The molecular weight excluding hydrogens is 322 g/mol. The zero-order valence-corrected chi connectivity index (χ0v) is 16.1. The molecule has 21 heavy (non-hydrogen) atoms. The Hall–Kier alpha value is 0.180. The van der Waals surface area contributed by atoms with Gasteiger partial charge in [-0.05, 0) is 38.5 Å². The molecule has 0 aromatic carbocycles. The smallest absolute Gasteiger partial charge is 0.0739 e. The minimum atomic E-state index is 0. The maximum atomic E-state index is 3.89. The van der Waals surface area contributed by atoms with Crippen LogP contribution in [0.15, 0.2) is 12.2 Å². The van der Waals surface area contributed by atoms with Crippen LogP contribution >= 0.6 is 0 Å². The van der Waals surface area contributed by atoms with E-state index >= 15 is 0 Å². The second-order valence-corrected chi connectivity index (χ2v) is 6.14. The minimum Gasteiger partial charge on any atom is -1.00 e. The van der Waals surface area contributed by atoms with Crippen molar-refractivity contribution >= 4 is 0 Å². The van der Waals surface area contributed by atoms with Gasteiger partial charge in [-0.1, -0.05) is 76.9 Å². The third-order valence-corrected chi connectivity index (χ3v) is 4.01. The highest BCUT2D eigenvalue weighted by atomic mass is 79.9. The van der Waals surface area contributed by atoms with Crippen molar-refractivity contribution in [2.75, 3.05) is 6.54 Å². The van der Waals surface area contributed by atoms with E-state index in [2.05, 4.69) is 24.8 Å². The third-order valence-electron chi connectivity index (χ3n) is 4.01. The monoisotopic (exact) mass is 361 g/mol. The molecule has 0 aliphatic rings. The maximum Gasteiger partial charge on any atom is 0.0739 e. The van der Waals surface area contributed by atoms with Crippen LogP contribution in [-0.2, 0) is 0 Å². The van der Waals surface area contributed by atoms with Crippen LogP contribution in [0.4, 0.5) is 0 Å². The molecule has 2 heteroatoms. The maximum absolute atomic E-state index is 3.89. The van der Waals surface area contributed by atoms with Crippen LogP contribution in [0.3, 0.4) is 0 Å². The van der Waals surface area contributed by atoms with Crippen LogP contribution in [-0.4, -0.2) is 6.54 Å². The van der Waals surface area contributed by atoms with Crippen LogP contribution in [0.5, 0.6) is 0 Å². The zero-order valence-electron chi connectivity index (χ0n) is 14.6. The summed E-state index contributed by atoms with van der Waals surface area (Å²) < 4.78 is 0. The molecule has 0 heterocycles.